The second-order valence-electron chi connectivity index (χ2n) is 3.66. The largest absolute Gasteiger partial charge is 0.405 e. The number of hydrogen-bond acceptors (Lipinski definition) is 2. The number of rotatable bonds is 5. The molecule has 0 spiro atoms. The zero-order valence-corrected chi connectivity index (χ0v) is 7.77. The molecule has 1 N–H and O–H groups in total. The summed E-state index contributed by atoms with van der Waals surface area (Å²) in [6.45, 7) is 0.297. The summed E-state index contributed by atoms with van der Waals surface area (Å²) in [6, 6.07) is 1.26. The molecule has 0 heterocycles. The molecule has 2 nitrogen and oxygen atoms in total. The number of alkyl halides is 3. The Balaban J connectivity index is 2.11. The van der Waals surface area contributed by atoms with Crippen LogP contribution in [0.4, 0.5) is 13.2 Å². The van der Waals surface area contributed by atoms with Crippen LogP contribution < -0.4 is 5.32 Å². The van der Waals surface area contributed by atoms with Crippen molar-refractivity contribution in [2.24, 2.45) is 11.8 Å². The molecular weight excluding hydrogens is 193 g/mol. The number of halogens is 3. The lowest BCUT2D eigenvalue weighted by Crippen LogP contribution is -2.33. The molecule has 0 aromatic heterocycles. The van der Waals surface area contributed by atoms with Crippen LogP contribution in [-0.4, -0.2) is 19.3 Å². The van der Waals surface area contributed by atoms with E-state index in [0.717, 1.165) is 6.42 Å². The Morgan fingerprint density at radius 3 is 2.50 bits per heavy atom. The molecule has 1 atom stereocenters. The number of nitrogens with zero attached hydrogens (tertiary/aromatic N) is 1. The van der Waals surface area contributed by atoms with Gasteiger partial charge in [0.2, 0.25) is 0 Å². The topological polar surface area (TPSA) is 35.8 Å². The Morgan fingerprint density at radius 1 is 1.43 bits per heavy atom. The number of nitrogens with one attached hydrogen (secondary N) is 1. The zero-order chi connectivity index (χ0) is 10.6. The van der Waals surface area contributed by atoms with Crippen LogP contribution >= 0.6 is 0 Å². The van der Waals surface area contributed by atoms with Crippen LogP contribution in [0.3, 0.4) is 0 Å². The maximum Gasteiger partial charge on any atom is 0.405 e. The Hall–Kier alpha value is -0.760. The van der Waals surface area contributed by atoms with Crippen LogP contribution in [-0.2, 0) is 0 Å². The molecule has 1 saturated carbocycles. The van der Waals surface area contributed by atoms with E-state index in [-0.39, 0.29) is 6.54 Å². The van der Waals surface area contributed by atoms with Crippen molar-refractivity contribution in [1.29, 1.82) is 5.26 Å². The highest BCUT2D eigenvalue weighted by Gasteiger charge is 2.39. The molecule has 0 aromatic rings. The molecule has 0 saturated heterocycles. The zero-order valence-electron chi connectivity index (χ0n) is 7.77. The first-order valence-corrected chi connectivity index (χ1v) is 4.71. The van der Waals surface area contributed by atoms with Crippen molar-refractivity contribution in [3.63, 3.8) is 0 Å². The Morgan fingerprint density at radius 2 is 2.07 bits per heavy atom. The average Bonchev–Trinajstić information content (AvgIpc) is 2.85. The second kappa shape index (κ2) is 4.65. The third-order valence-corrected chi connectivity index (χ3v) is 2.33. The number of hydrogen-bond donors (Lipinski definition) is 1. The van der Waals surface area contributed by atoms with Gasteiger partial charge in [-0.05, 0) is 18.9 Å². The fraction of sp³-hybridized carbons (Fsp3) is 0.889. The Kier molecular flexibility index (Phi) is 3.76. The summed E-state index contributed by atoms with van der Waals surface area (Å²) in [6.07, 6.45) is -1.08. The fourth-order valence-electron chi connectivity index (χ4n) is 1.19. The van der Waals surface area contributed by atoms with E-state index in [2.05, 4.69) is 5.32 Å². The van der Waals surface area contributed by atoms with Gasteiger partial charge in [-0.3, -0.25) is 0 Å². The van der Waals surface area contributed by atoms with Gasteiger partial charge in [-0.1, -0.05) is 12.8 Å². The van der Waals surface area contributed by atoms with Crippen LogP contribution in [0.1, 0.15) is 19.3 Å². The molecule has 80 valence electrons. The summed E-state index contributed by atoms with van der Waals surface area (Å²) in [5.74, 6) is -1.17. The van der Waals surface area contributed by atoms with Gasteiger partial charge in [0, 0.05) is 6.54 Å². The van der Waals surface area contributed by atoms with E-state index in [0.29, 0.717) is 12.5 Å². The monoisotopic (exact) mass is 206 g/mol. The molecule has 1 rings (SSSR count). The van der Waals surface area contributed by atoms with E-state index >= 15 is 0 Å². The van der Waals surface area contributed by atoms with Crippen molar-refractivity contribution >= 4 is 0 Å². The van der Waals surface area contributed by atoms with Gasteiger partial charge in [0.15, 0.2) is 5.92 Å². The molecule has 1 unspecified atom stereocenters. The highest BCUT2D eigenvalue weighted by molar-refractivity contribution is 4.90. The second-order valence-corrected chi connectivity index (χ2v) is 3.66. The maximum atomic E-state index is 12.1. The first-order chi connectivity index (χ1) is 6.54. The normalized spacial score (nSPS) is 19.0. The van der Waals surface area contributed by atoms with Crippen LogP contribution in [0.25, 0.3) is 0 Å². The summed E-state index contributed by atoms with van der Waals surface area (Å²) >= 11 is 0. The van der Waals surface area contributed by atoms with Gasteiger partial charge < -0.3 is 5.32 Å². The molecule has 0 amide bonds. The lowest BCUT2D eigenvalue weighted by Gasteiger charge is -2.13. The minimum Gasteiger partial charge on any atom is -0.315 e. The molecule has 5 heteroatoms. The van der Waals surface area contributed by atoms with Gasteiger partial charge in [0.1, 0.15) is 0 Å². The van der Waals surface area contributed by atoms with E-state index in [1.165, 1.54) is 18.9 Å². The van der Waals surface area contributed by atoms with Crippen molar-refractivity contribution in [3.05, 3.63) is 0 Å². The van der Waals surface area contributed by atoms with E-state index in [4.69, 9.17) is 5.26 Å². The lowest BCUT2D eigenvalue weighted by atomic mass is 10.1. The molecular formula is C9H13F3N2. The van der Waals surface area contributed by atoms with Gasteiger partial charge in [-0.15, -0.1) is 0 Å². The molecule has 0 aromatic carbocycles. The highest BCUT2D eigenvalue weighted by Crippen LogP contribution is 2.31. The molecule has 0 bridgehead atoms. The summed E-state index contributed by atoms with van der Waals surface area (Å²) in [7, 11) is 0. The van der Waals surface area contributed by atoms with Gasteiger partial charge in [0.05, 0.1) is 6.07 Å². The molecule has 0 radical (unpaired) electrons. The predicted octanol–water partition coefficient (Wildman–Crippen LogP) is 2.08. The third kappa shape index (κ3) is 3.97. The standard InChI is InChI=1S/C9H13F3N2/c10-9(11,12)8(5-13)6-14-4-3-7-1-2-7/h7-8,14H,1-4,6H2. The Labute approximate surface area is 81.1 Å². The van der Waals surface area contributed by atoms with Gasteiger partial charge in [0.25, 0.3) is 0 Å². The lowest BCUT2D eigenvalue weighted by molar-refractivity contribution is -0.157. The minimum absolute atomic E-state index is 0.285. The van der Waals surface area contributed by atoms with Crippen LogP contribution in [0.2, 0.25) is 0 Å². The van der Waals surface area contributed by atoms with Crippen molar-refractivity contribution in [1.82, 2.24) is 5.32 Å². The molecule has 0 aliphatic heterocycles. The summed E-state index contributed by atoms with van der Waals surface area (Å²) in [5, 5.41) is 10.9. The molecule has 1 fully saturated rings. The van der Waals surface area contributed by atoms with Crippen molar-refractivity contribution in [2.75, 3.05) is 13.1 Å². The van der Waals surface area contributed by atoms with Crippen LogP contribution in [0, 0.1) is 23.2 Å². The van der Waals surface area contributed by atoms with Crippen LogP contribution in [0.5, 0.6) is 0 Å². The molecule has 1 aliphatic rings. The van der Waals surface area contributed by atoms with Crippen molar-refractivity contribution in [3.8, 4) is 6.07 Å². The fourth-order valence-corrected chi connectivity index (χ4v) is 1.19. The summed E-state index contributed by atoms with van der Waals surface area (Å²) in [4.78, 5) is 0. The van der Waals surface area contributed by atoms with E-state index in [1.54, 1.807) is 0 Å². The van der Waals surface area contributed by atoms with Crippen molar-refractivity contribution < 1.29 is 13.2 Å². The highest BCUT2D eigenvalue weighted by atomic mass is 19.4. The Bertz CT molecular complexity index is 215. The predicted molar refractivity (Wildman–Crippen MR) is 45.4 cm³/mol. The van der Waals surface area contributed by atoms with E-state index in [1.807, 2.05) is 0 Å². The quantitative estimate of drug-likeness (QED) is 0.699. The first kappa shape index (κ1) is 11.3. The van der Waals surface area contributed by atoms with Gasteiger partial charge in [-0.25, -0.2) is 0 Å². The minimum atomic E-state index is -4.40. The van der Waals surface area contributed by atoms with Gasteiger partial charge >= 0.3 is 6.18 Å². The SMILES string of the molecule is N#CC(CNCCC1CC1)C(F)(F)F. The smallest absolute Gasteiger partial charge is 0.315 e. The summed E-state index contributed by atoms with van der Waals surface area (Å²) < 4.78 is 36.2. The average molecular weight is 206 g/mol. The molecule has 14 heavy (non-hydrogen) atoms. The van der Waals surface area contributed by atoms with E-state index < -0.39 is 12.1 Å². The van der Waals surface area contributed by atoms with Gasteiger partial charge in [-0.2, -0.15) is 18.4 Å². The summed E-state index contributed by atoms with van der Waals surface area (Å²) in [5.41, 5.74) is 0. The maximum absolute atomic E-state index is 12.1. The van der Waals surface area contributed by atoms with Crippen molar-refractivity contribution in [2.45, 2.75) is 25.4 Å². The first-order valence-electron chi connectivity index (χ1n) is 4.71. The number of nitriles is 1. The van der Waals surface area contributed by atoms with Crippen LogP contribution in [0.15, 0.2) is 0 Å². The third-order valence-electron chi connectivity index (χ3n) is 2.33. The van der Waals surface area contributed by atoms with E-state index in [9.17, 15) is 13.2 Å². The molecule has 1 aliphatic carbocycles.